The fourth-order valence-electron chi connectivity index (χ4n) is 7.33. The Morgan fingerprint density at radius 3 is 2.30 bits per heavy atom. The van der Waals surface area contributed by atoms with E-state index in [1.54, 1.807) is 7.11 Å². The number of aliphatic hydroxyl groups is 1. The topological polar surface area (TPSA) is 125 Å². The summed E-state index contributed by atoms with van der Waals surface area (Å²) < 4.78 is 17.2. The number of hydrogen-bond acceptors (Lipinski definition) is 7. The number of carbonyl (C=O) groups excluding carboxylic acids is 2. The zero-order chi connectivity index (χ0) is 26.8. The molecule has 214 valence electrons. The number of hydrogen-bond donors (Lipinski definition) is 3. The molecule has 8 heteroatoms. The summed E-state index contributed by atoms with van der Waals surface area (Å²) in [5, 5.41) is 13.2. The van der Waals surface area contributed by atoms with E-state index in [-0.39, 0.29) is 42.3 Å². The molecule has 8 atom stereocenters. The largest absolute Gasteiger partial charge is 0.462 e. The van der Waals surface area contributed by atoms with Crippen LogP contribution in [0.15, 0.2) is 0 Å². The summed E-state index contributed by atoms with van der Waals surface area (Å²) in [6.45, 7) is 3.97. The highest BCUT2D eigenvalue weighted by molar-refractivity contribution is 5.66. The molecule has 1 heterocycles. The standard InChI is InChI=1S/C29H52N2O6/c1-19(32)36-25(18-26(37-20(2)33)15-21-7-5-4-6-8-21)10-9-22-13-24(29(34)27(16-22)35-3)14-23-11-12-31-28(30)17-23/h21-29,31,34H,4-18,30H2,1-3H3/p+1. The second kappa shape index (κ2) is 15.4. The maximum Gasteiger partial charge on any atom is 0.302 e. The predicted octanol–water partition coefficient (Wildman–Crippen LogP) is 3.04. The first-order chi connectivity index (χ1) is 17.7. The van der Waals surface area contributed by atoms with Crippen LogP contribution in [0.2, 0.25) is 0 Å². The quantitative estimate of drug-likeness (QED) is 0.335. The Labute approximate surface area is 223 Å². The van der Waals surface area contributed by atoms with Crippen molar-refractivity contribution in [3.8, 4) is 0 Å². The average molecular weight is 526 g/mol. The van der Waals surface area contributed by atoms with Crippen LogP contribution in [-0.2, 0) is 23.8 Å². The molecule has 0 radical (unpaired) electrons. The molecule has 0 spiro atoms. The van der Waals surface area contributed by atoms with Gasteiger partial charge in [-0.3, -0.25) is 15.3 Å². The van der Waals surface area contributed by atoms with E-state index in [4.69, 9.17) is 19.9 Å². The van der Waals surface area contributed by atoms with Gasteiger partial charge in [0.15, 0.2) is 0 Å². The molecule has 5 N–H and O–H groups in total. The van der Waals surface area contributed by atoms with E-state index in [1.807, 2.05) is 0 Å². The lowest BCUT2D eigenvalue weighted by atomic mass is 9.71. The molecule has 2 aliphatic carbocycles. The van der Waals surface area contributed by atoms with Crippen LogP contribution in [-0.4, -0.2) is 61.3 Å². The van der Waals surface area contributed by atoms with E-state index in [1.165, 1.54) is 46.0 Å². The summed E-state index contributed by atoms with van der Waals surface area (Å²) in [7, 11) is 1.69. The smallest absolute Gasteiger partial charge is 0.302 e. The summed E-state index contributed by atoms with van der Waals surface area (Å²) in [5.74, 6) is 1.16. The van der Waals surface area contributed by atoms with Crippen molar-refractivity contribution >= 4 is 11.9 Å². The van der Waals surface area contributed by atoms with Crippen molar-refractivity contribution in [1.82, 2.24) is 0 Å². The third-order valence-electron chi connectivity index (χ3n) is 9.06. The molecule has 0 amide bonds. The number of quaternary nitrogens is 1. The molecule has 8 nitrogen and oxygen atoms in total. The molecule has 0 aromatic carbocycles. The second-order valence-electron chi connectivity index (χ2n) is 12.2. The Hall–Kier alpha value is -1.22. The molecule has 1 aliphatic heterocycles. The zero-order valence-electron chi connectivity index (χ0n) is 23.4. The normalized spacial score (nSPS) is 32.9. The highest BCUT2D eigenvalue weighted by Crippen LogP contribution is 2.39. The summed E-state index contributed by atoms with van der Waals surface area (Å²) >= 11 is 0. The van der Waals surface area contributed by atoms with E-state index >= 15 is 0 Å². The van der Waals surface area contributed by atoms with Crippen molar-refractivity contribution in [2.45, 2.75) is 134 Å². The summed E-state index contributed by atoms with van der Waals surface area (Å²) in [6.07, 6.45) is 13.1. The first-order valence-electron chi connectivity index (χ1n) is 14.9. The van der Waals surface area contributed by atoms with Gasteiger partial charge < -0.3 is 24.6 Å². The van der Waals surface area contributed by atoms with Crippen LogP contribution in [0, 0.1) is 23.7 Å². The minimum absolute atomic E-state index is 0.164. The van der Waals surface area contributed by atoms with Gasteiger partial charge in [0, 0.05) is 33.8 Å². The van der Waals surface area contributed by atoms with Gasteiger partial charge in [0.2, 0.25) is 0 Å². The van der Waals surface area contributed by atoms with Crippen LogP contribution in [0.4, 0.5) is 0 Å². The summed E-state index contributed by atoms with van der Waals surface area (Å²) in [6, 6.07) is 0. The van der Waals surface area contributed by atoms with Gasteiger partial charge in [-0.05, 0) is 68.6 Å². The monoisotopic (exact) mass is 525 g/mol. The van der Waals surface area contributed by atoms with Crippen molar-refractivity contribution in [1.29, 1.82) is 0 Å². The lowest BCUT2D eigenvalue weighted by molar-refractivity contribution is -0.699. The van der Waals surface area contributed by atoms with Crippen molar-refractivity contribution < 1.29 is 34.2 Å². The van der Waals surface area contributed by atoms with Gasteiger partial charge in [0.1, 0.15) is 18.4 Å². The number of nitrogens with two attached hydrogens (primary N) is 2. The molecule has 37 heavy (non-hydrogen) atoms. The first-order valence-corrected chi connectivity index (χ1v) is 14.9. The van der Waals surface area contributed by atoms with Crippen LogP contribution in [0.25, 0.3) is 0 Å². The maximum absolute atomic E-state index is 11.9. The molecule has 0 aromatic rings. The zero-order valence-corrected chi connectivity index (χ0v) is 23.4. The van der Waals surface area contributed by atoms with Crippen LogP contribution >= 0.6 is 0 Å². The van der Waals surface area contributed by atoms with Crippen molar-refractivity contribution in [3.05, 3.63) is 0 Å². The van der Waals surface area contributed by atoms with Gasteiger partial charge in [-0.1, -0.05) is 32.1 Å². The number of ether oxygens (including phenoxy) is 3. The van der Waals surface area contributed by atoms with E-state index in [2.05, 4.69) is 5.32 Å². The lowest BCUT2D eigenvalue weighted by Crippen LogP contribution is -2.94. The van der Waals surface area contributed by atoms with Gasteiger partial charge in [-0.15, -0.1) is 0 Å². The minimum atomic E-state index is -0.448. The molecule has 2 saturated carbocycles. The van der Waals surface area contributed by atoms with E-state index in [0.717, 1.165) is 57.9 Å². The Morgan fingerprint density at radius 1 is 0.946 bits per heavy atom. The van der Waals surface area contributed by atoms with E-state index in [0.29, 0.717) is 24.2 Å². The predicted molar refractivity (Wildman–Crippen MR) is 141 cm³/mol. The average Bonchev–Trinajstić information content (AvgIpc) is 2.84. The van der Waals surface area contributed by atoms with E-state index in [9.17, 15) is 14.7 Å². The fourth-order valence-corrected chi connectivity index (χ4v) is 7.33. The van der Waals surface area contributed by atoms with Crippen molar-refractivity contribution in [3.63, 3.8) is 0 Å². The molecule has 1 saturated heterocycles. The van der Waals surface area contributed by atoms with Crippen LogP contribution < -0.4 is 11.1 Å². The number of aliphatic hydroxyl groups excluding tert-OH is 1. The molecular formula is C29H53N2O6+. The lowest BCUT2D eigenvalue weighted by Gasteiger charge is -2.41. The molecule has 8 unspecified atom stereocenters. The Kier molecular flexibility index (Phi) is 12.6. The van der Waals surface area contributed by atoms with Crippen molar-refractivity contribution in [2.75, 3.05) is 13.7 Å². The Balaban J connectivity index is 1.59. The van der Waals surface area contributed by atoms with Crippen molar-refractivity contribution in [2.24, 2.45) is 29.4 Å². The molecule has 3 aliphatic rings. The van der Waals surface area contributed by atoms with Gasteiger partial charge in [-0.2, -0.15) is 0 Å². The number of piperidine rings is 1. The van der Waals surface area contributed by atoms with E-state index < -0.39 is 6.10 Å². The van der Waals surface area contributed by atoms with Gasteiger partial charge >= 0.3 is 11.9 Å². The summed E-state index contributed by atoms with van der Waals surface area (Å²) in [5.41, 5.74) is 6.18. The van der Waals surface area contributed by atoms with Crippen LogP contribution in [0.3, 0.4) is 0 Å². The SMILES string of the molecule is COC1CC(CCC(CC(CC2CCCCC2)OC(C)=O)OC(C)=O)CC(CC2CC[NH2+]C(N)C2)C1O. The second-order valence-corrected chi connectivity index (χ2v) is 12.2. The number of methoxy groups -OCH3 is 1. The maximum atomic E-state index is 11.9. The third kappa shape index (κ3) is 10.5. The molecule has 3 fully saturated rings. The highest BCUT2D eigenvalue weighted by Gasteiger charge is 2.39. The first kappa shape index (κ1) is 30.3. The number of rotatable bonds is 12. The van der Waals surface area contributed by atoms with Crippen LogP contribution in [0.1, 0.15) is 104 Å². The van der Waals surface area contributed by atoms with Gasteiger partial charge in [0.25, 0.3) is 0 Å². The van der Waals surface area contributed by atoms with Crippen LogP contribution in [0.5, 0.6) is 0 Å². The molecule has 0 aromatic heterocycles. The molecular weight excluding hydrogens is 472 g/mol. The Morgan fingerprint density at radius 2 is 1.65 bits per heavy atom. The molecule has 0 bridgehead atoms. The Bertz CT molecular complexity index is 700. The molecule has 3 rings (SSSR count). The number of carbonyl (C=O) groups is 2. The van der Waals surface area contributed by atoms with Gasteiger partial charge in [0.05, 0.1) is 18.8 Å². The highest BCUT2D eigenvalue weighted by atomic mass is 16.6. The fraction of sp³-hybridized carbons (Fsp3) is 0.931. The minimum Gasteiger partial charge on any atom is -0.462 e. The summed E-state index contributed by atoms with van der Waals surface area (Å²) in [4.78, 5) is 23.8. The van der Waals surface area contributed by atoms with Gasteiger partial charge in [-0.25, -0.2) is 0 Å². The number of esters is 2. The third-order valence-corrected chi connectivity index (χ3v) is 9.06.